The first-order valence-electron chi connectivity index (χ1n) is 12.0. The standard InChI is InChI=1S/C29H34O6/c1-17-7-8-20(11-18(17)2)13-24-22(15-28(35)29-23(24)5-4-6-26(29)33)14-21(9-10-30)25(16-31)27(34)12-19(3)32/h4-8,11,13,21-22,25,30-31,33H,9-10,12,14-16H2,1-3H3. The molecule has 35 heavy (non-hydrogen) atoms. The van der Waals surface area contributed by atoms with Crippen LogP contribution >= 0.6 is 0 Å². The monoisotopic (exact) mass is 478 g/mol. The van der Waals surface area contributed by atoms with Crippen LogP contribution in [-0.4, -0.2) is 45.9 Å². The summed E-state index contributed by atoms with van der Waals surface area (Å²) in [5.41, 5.74) is 5.08. The predicted octanol–water partition coefficient (Wildman–Crippen LogP) is 4.30. The van der Waals surface area contributed by atoms with Crippen LogP contribution in [0.15, 0.2) is 36.4 Å². The lowest BCUT2D eigenvalue weighted by Crippen LogP contribution is -2.32. The molecule has 0 saturated carbocycles. The van der Waals surface area contributed by atoms with Gasteiger partial charge < -0.3 is 15.3 Å². The average Bonchev–Trinajstić information content (AvgIpc) is 2.78. The third kappa shape index (κ3) is 6.13. The van der Waals surface area contributed by atoms with Gasteiger partial charge in [-0.05, 0) is 79.3 Å². The number of hydrogen-bond donors (Lipinski definition) is 3. The molecule has 2 aromatic carbocycles. The van der Waals surface area contributed by atoms with E-state index in [9.17, 15) is 29.7 Å². The van der Waals surface area contributed by atoms with E-state index in [4.69, 9.17) is 0 Å². The Morgan fingerprint density at radius 2 is 1.86 bits per heavy atom. The molecule has 1 aliphatic carbocycles. The number of hydrogen-bond acceptors (Lipinski definition) is 6. The fourth-order valence-electron chi connectivity index (χ4n) is 5.07. The first kappa shape index (κ1) is 26.5. The van der Waals surface area contributed by atoms with E-state index in [1.807, 2.05) is 38.1 Å². The molecular formula is C29H34O6. The average molecular weight is 479 g/mol. The minimum atomic E-state index is -0.797. The maximum absolute atomic E-state index is 13.1. The van der Waals surface area contributed by atoms with E-state index in [0.29, 0.717) is 17.5 Å². The largest absolute Gasteiger partial charge is 0.507 e. The van der Waals surface area contributed by atoms with Crippen molar-refractivity contribution in [3.8, 4) is 5.75 Å². The van der Waals surface area contributed by atoms with Crippen LogP contribution in [0.4, 0.5) is 0 Å². The molecule has 0 aliphatic heterocycles. The fourth-order valence-corrected chi connectivity index (χ4v) is 5.07. The topological polar surface area (TPSA) is 112 Å². The second-order valence-corrected chi connectivity index (χ2v) is 9.61. The van der Waals surface area contributed by atoms with Gasteiger partial charge in [0.15, 0.2) is 5.78 Å². The highest BCUT2D eigenvalue weighted by Gasteiger charge is 2.36. The summed E-state index contributed by atoms with van der Waals surface area (Å²) in [5.74, 6) is -2.35. The van der Waals surface area contributed by atoms with Crippen LogP contribution in [0.5, 0.6) is 5.75 Å². The van der Waals surface area contributed by atoms with E-state index >= 15 is 0 Å². The van der Waals surface area contributed by atoms with Crippen LogP contribution in [0.3, 0.4) is 0 Å². The third-order valence-corrected chi connectivity index (χ3v) is 7.05. The van der Waals surface area contributed by atoms with Crippen molar-refractivity contribution in [3.05, 3.63) is 64.2 Å². The summed E-state index contributed by atoms with van der Waals surface area (Å²) in [5, 5.41) is 30.2. The molecule has 0 heterocycles. The van der Waals surface area contributed by atoms with Crippen molar-refractivity contribution in [1.29, 1.82) is 0 Å². The summed E-state index contributed by atoms with van der Waals surface area (Å²) in [6.45, 7) is 4.80. The second-order valence-electron chi connectivity index (χ2n) is 9.61. The van der Waals surface area contributed by atoms with Gasteiger partial charge in [0, 0.05) is 18.9 Å². The van der Waals surface area contributed by atoms with Crippen molar-refractivity contribution >= 4 is 29.0 Å². The van der Waals surface area contributed by atoms with Gasteiger partial charge in [0.2, 0.25) is 0 Å². The molecule has 2 aromatic rings. The summed E-state index contributed by atoms with van der Waals surface area (Å²) in [4.78, 5) is 37.3. The van der Waals surface area contributed by atoms with E-state index in [2.05, 4.69) is 6.07 Å². The Balaban J connectivity index is 2.07. The number of phenols is 1. The number of rotatable bonds is 10. The van der Waals surface area contributed by atoms with Crippen molar-refractivity contribution in [2.45, 2.75) is 46.5 Å². The maximum atomic E-state index is 13.1. The molecule has 0 amide bonds. The molecule has 3 rings (SSSR count). The zero-order chi connectivity index (χ0) is 25.7. The lowest BCUT2D eigenvalue weighted by molar-refractivity contribution is -0.130. The number of allylic oxidation sites excluding steroid dienone is 1. The van der Waals surface area contributed by atoms with Gasteiger partial charge in [-0.25, -0.2) is 0 Å². The Labute approximate surface area is 206 Å². The highest BCUT2D eigenvalue weighted by atomic mass is 16.3. The Kier molecular flexibility index (Phi) is 8.76. The quantitative estimate of drug-likeness (QED) is 0.439. The number of aliphatic hydroxyl groups is 2. The van der Waals surface area contributed by atoms with Crippen LogP contribution in [0, 0.1) is 31.6 Å². The van der Waals surface area contributed by atoms with Crippen LogP contribution in [0.1, 0.15) is 65.2 Å². The number of aryl methyl sites for hydroxylation is 2. The van der Waals surface area contributed by atoms with Crippen LogP contribution in [0.25, 0.3) is 11.6 Å². The summed E-state index contributed by atoms with van der Waals surface area (Å²) in [6.07, 6.45) is 2.54. The number of aliphatic hydroxyl groups excluding tert-OH is 2. The number of Topliss-reactive ketones (excluding diaryl/α,β-unsaturated/α-hetero) is 3. The van der Waals surface area contributed by atoms with Gasteiger partial charge in [0.1, 0.15) is 17.3 Å². The number of benzene rings is 2. The van der Waals surface area contributed by atoms with Gasteiger partial charge in [-0.2, -0.15) is 0 Å². The SMILES string of the molecule is CC(=O)CC(=O)C(CO)C(CCO)CC1CC(=O)c2c(O)cccc2C1=Cc1ccc(C)c(C)c1. The molecular weight excluding hydrogens is 444 g/mol. The Morgan fingerprint density at radius 3 is 2.49 bits per heavy atom. The van der Waals surface area contributed by atoms with E-state index in [-0.39, 0.29) is 54.9 Å². The molecule has 3 unspecified atom stereocenters. The Hall–Kier alpha value is -3.09. The molecule has 0 aromatic heterocycles. The number of carbonyl (C=O) groups excluding carboxylic acids is 3. The molecule has 186 valence electrons. The molecule has 0 fully saturated rings. The molecule has 0 spiro atoms. The Morgan fingerprint density at radius 1 is 1.11 bits per heavy atom. The van der Waals surface area contributed by atoms with Crippen molar-refractivity contribution < 1.29 is 29.7 Å². The first-order chi connectivity index (χ1) is 16.7. The van der Waals surface area contributed by atoms with Crippen molar-refractivity contribution in [2.75, 3.05) is 13.2 Å². The normalized spacial score (nSPS) is 18.3. The minimum Gasteiger partial charge on any atom is -0.507 e. The van der Waals surface area contributed by atoms with E-state index in [1.165, 1.54) is 18.6 Å². The molecule has 0 saturated heterocycles. The molecule has 0 bridgehead atoms. The third-order valence-electron chi connectivity index (χ3n) is 7.05. The van der Waals surface area contributed by atoms with Crippen molar-refractivity contribution in [2.24, 2.45) is 17.8 Å². The minimum absolute atomic E-state index is 0.0614. The molecule has 3 atom stereocenters. The van der Waals surface area contributed by atoms with Crippen LogP contribution in [0.2, 0.25) is 0 Å². The lowest BCUT2D eigenvalue weighted by atomic mass is 9.71. The first-order valence-corrected chi connectivity index (χ1v) is 12.0. The lowest BCUT2D eigenvalue weighted by Gasteiger charge is -2.33. The number of carbonyl (C=O) groups is 3. The maximum Gasteiger partial charge on any atom is 0.167 e. The summed E-state index contributed by atoms with van der Waals surface area (Å²) in [7, 11) is 0. The van der Waals surface area contributed by atoms with E-state index < -0.39 is 18.4 Å². The van der Waals surface area contributed by atoms with E-state index in [1.54, 1.807) is 6.07 Å². The highest BCUT2D eigenvalue weighted by molar-refractivity contribution is 6.08. The van der Waals surface area contributed by atoms with Gasteiger partial charge in [-0.15, -0.1) is 0 Å². The zero-order valence-corrected chi connectivity index (χ0v) is 20.6. The number of aromatic hydroxyl groups is 1. The number of ketones is 3. The van der Waals surface area contributed by atoms with Gasteiger partial charge in [0.05, 0.1) is 18.6 Å². The molecule has 6 heteroatoms. The zero-order valence-electron chi connectivity index (χ0n) is 20.6. The molecule has 3 N–H and O–H groups in total. The predicted molar refractivity (Wildman–Crippen MR) is 135 cm³/mol. The molecule has 0 radical (unpaired) electrons. The number of fused-ring (bicyclic) bond motifs is 1. The van der Waals surface area contributed by atoms with Crippen molar-refractivity contribution in [3.63, 3.8) is 0 Å². The van der Waals surface area contributed by atoms with Gasteiger partial charge in [-0.3, -0.25) is 14.4 Å². The van der Waals surface area contributed by atoms with E-state index in [0.717, 1.165) is 16.7 Å². The summed E-state index contributed by atoms with van der Waals surface area (Å²) < 4.78 is 0. The highest BCUT2D eigenvalue weighted by Crippen LogP contribution is 2.44. The second kappa shape index (κ2) is 11.6. The Bertz CT molecular complexity index is 1150. The summed E-state index contributed by atoms with van der Waals surface area (Å²) >= 11 is 0. The smallest absolute Gasteiger partial charge is 0.167 e. The van der Waals surface area contributed by atoms with Gasteiger partial charge >= 0.3 is 0 Å². The number of phenolic OH excluding ortho intramolecular Hbond substituents is 1. The molecule has 1 aliphatic rings. The van der Waals surface area contributed by atoms with Gasteiger partial charge in [0.25, 0.3) is 0 Å². The van der Waals surface area contributed by atoms with Gasteiger partial charge in [-0.1, -0.05) is 36.4 Å². The van der Waals surface area contributed by atoms with Crippen LogP contribution in [-0.2, 0) is 9.59 Å². The van der Waals surface area contributed by atoms with Crippen molar-refractivity contribution in [1.82, 2.24) is 0 Å². The van der Waals surface area contributed by atoms with Crippen LogP contribution < -0.4 is 0 Å². The summed E-state index contributed by atoms with van der Waals surface area (Å²) in [6, 6.07) is 11.1. The molecule has 6 nitrogen and oxygen atoms in total. The fraction of sp³-hybridized carbons (Fsp3) is 0.414.